The van der Waals surface area contributed by atoms with Crippen molar-refractivity contribution in [1.82, 2.24) is 0 Å². The zero-order valence-electron chi connectivity index (χ0n) is 16.5. The maximum Gasteiger partial charge on any atom is 0.141 e. The molecule has 0 spiro atoms. The van der Waals surface area contributed by atoms with E-state index in [2.05, 4.69) is 12.7 Å². The number of halogens is 2. The van der Waals surface area contributed by atoms with E-state index in [0.717, 1.165) is 23.3 Å². The Bertz CT molecular complexity index is 586. The van der Waals surface area contributed by atoms with Crippen molar-refractivity contribution in [2.75, 3.05) is 0 Å². The van der Waals surface area contributed by atoms with Crippen molar-refractivity contribution in [3.8, 4) is 0 Å². The summed E-state index contributed by atoms with van der Waals surface area (Å²) in [7, 11) is 0. The lowest BCUT2D eigenvalue weighted by Crippen LogP contribution is -2.28. The molecule has 0 bridgehead atoms. The third-order valence-electron chi connectivity index (χ3n) is 6.77. The molecule has 0 amide bonds. The van der Waals surface area contributed by atoms with Crippen molar-refractivity contribution in [2.45, 2.75) is 83.3 Å². The molecule has 27 heavy (non-hydrogen) atoms. The van der Waals surface area contributed by atoms with Crippen LogP contribution in [0.5, 0.6) is 0 Å². The van der Waals surface area contributed by atoms with E-state index in [9.17, 15) is 4.39 Å². The summed E-state index contributed by atoms with van der Waals surface area (Å²) in [6.07, 6.45) is 17.0. The molecule has 3 rings (SSSR count). The second kappa shape index (κ2) is 10.6. The SMILES string of the molecule is C=CCCC[C@H]1CC[C@H]([C@H]2CC[C@H](OCc3ccc(F)c(Cl)c3)CC2)CC1. The first-order valence-corrected chi connectivity index (χ1v) is 11.2. The molecule has 0 heterocycles. The molecule has 3 heteroatoms. The molecule has 1 nitrogen and oxygen atoms in total. The summed E-state index contributed by atoms with van der Waals surface area (Å²) in [5.74, 6) is 2.44. The van der Waals surface area contributed by atoms with Gasteiger partial charge in [-0.2, -0.15) is 0 Å². The Morgan fingerprint density at radius 3 is 2.33 bits per heavy atom. The molecule has 150 valence electrons. The van der Waals surface area contributed by atoms with Crippen molar-refractivity contribution in [3.05, 3.63) is 47.3 Å². The maximum absolute atomic E-state index is 13.2. The van der Waals surface area contributed by atoms with Crippen LogP contribution in [0.1, 0.15) is 76.2 Å². The molecule has 2 aliphatic rings. The topological polar surface area (TPSA) is 9.23 Å². The van der Waals surface area contributed by atoms with Crippen LogP contribution >= 0.6 is 11.6 Å². The standard InChI is InChI=1S/C24H34ClFO/c1-2-3-4-5-18-6-9-20(10-7-18)21-11-13-22(14-12-21)27-17-19-8-15-24(26)23(25)16-19/h2,8,15-16,18,20-22H,1,3-7,9-14,17H2/t18-,20-,21-,22-. The van der Waals surface area contributed by atoms with Gasteiger partial charge in [0.1, 0.15) is 5.82 Å². The highest BCUT2D eigenvalue weighted by Crippen LogP contribution is 2.41. The highest BCUT2D eigenvalue weighted by Gasteiger charge is 2.30. The normalized spacial score (nSPS) is 28.8. The smallest absolute Gasteiger partial charge is 0.141 e. The summed E-state index contributed by atoms with van der Waals surface area (Å²) in [5.41, 5.74) is 0.957. The molecule has 0 aromatic heterocycles. The highest BCUT2D eigenvalue weighted by molar-refractivity contribution is 6.30. The van der Waals surface area contributed by atoms with E-state index in [-0.39, 0.29) is 10.8 Å². The van der Waals surface area contributed by atoms with Crippen molar-refractivity contribution in [1.29, 1.82) is 0 Å². The number of rotatable bonds is 8. The Balaban J connectivity index is 1.34. The summed E-state index contributed by atoms with van der Waals surface area (Å²) >= 11 is 5.85. The van der Waals surface area contributed by atoms with Crippen LogP contribution in [0.2, 0.25) is 5.02 Å². The van der Waals surface area contributed by atoms with E-state index >= 15 is 0 Å². The molecule has 2 aliphatic carbocycles. The van der Waals surface area contributed by atoms with E-state index in [1.807, 2.05) is 0 Å². The lowest BCUT2D eigenvalue weighted by molar-refractivity contribution is -0.00286. The first-order chi connectivity index (χ1) is 13.2. The van der Waals surface area contributed by atoms with E-state index in [4.69, 9.17) is 16.3 Å². The Hall–Kier alpha value is -0.860. The zero-order chi connectivity index (χ0) is 19.1. The molecule has 0 atom stereocenters. The number of hydrogen-bond donors (Lipinski definition) is 0. The summed E-state index contributed by atoms with van der Waals surface area (Å²) in [5, 5.41) is 0.180. The minimum absolute atomic E-state index is 0.180. The van der Waals surface area contributed by atoms with Crippen molar-refractivity contribution in [3.63, 3.8) is 0 Å². The van der Waals surface area contributed by atoms with Crippen LogP contribution < -0.4 is 0 Å². The predicted octanol–water partition coefficient (Wildman–Crippen LogP) is 7.72. The van der Waals surface area contributed by atoms with Crippen LogP contribution in [0, 0.1) is 23.6 Å². The summed E-state index contributed by atoms with van der Waals surface area (Å²) in [6.45, 7) is 4.36. The molecule has 1 aromatic rings. The second-order valence-electron chi connectivity index (χ2n) is 8.60. The lowest BCUT2D eigenvalue weighted by Gasteiger charge is -2.38. The minimum Gasteiger partial charge on any atom is -0.374 e. The average Bonchev–Trinajstić information content (AvgIpc) is 2.70. The Labute approximate surface area is 169 Å². The molecule has 2 fully saturated rings. The molecule has 0 radical (unpaired) electrons. The van der Waals surface area contributed by atoms with Gasteiger partial charge in [0.15, 0.2) is 0 Å². The summed E-state index contributed by atoms with van der Waals surface area (Å²) < 4.78 is 19.3. The first-order valence-electron chi connectivity index (χ1n) is 10.8. The fraction of sp³-hybridized carbons (Fsp3) is 0.667. The van der Waals surface area contributed by atoms with E-state index in [0.29, 0.717) is 12.7 Å². The number of unbranched alkanes of at least 4 members (excludes halogenated alkanes) is 1. The molecule has 0 saturated heterocycles. The fourth-order valence-electron chi connectivity index (χ4n) is 5.07. The van der Waals surface area contributed by atoms with Crippen LogP contribution in [-0.2, 0) is 11.3 Å². The monoisotopic (exact) mass is 392 g/mol. The highest BCUT2D eigenvalue weighted by atomic mass is 35.5. The second-order valence-corrected chi connectivity index (χ2v) is 9.00. The molecule has 0 aliphatic heterocycles. The van der Waals surface area contributed by atoms with Gasteiger partial charge in [-0.15, -0.1) is 6.58 Å². The number of hydrogen-bond acceptors (Lipinski definition) is 1. The molecule has 0 N–H and O–H groups in total. The van der Waals surface area contributed by atoms with E-state index < -0.39 is 0 Å². The van der Waals surface area contributed by atoms with E-state index in [1.54, 1.807) is 12.1 Å². The van der Waals surface area contributed by atoms with Crippen LogP contribution in [0.25, 0.3) is 0 Å². The third kappa shape index (κ3) is 6.32. The van der Waals surface area contributed by atoms with Gasteiger partial charge >= 0.3 is 0 Å². The molecular formula is C24H34ClFO. The Kier molecular flexibility index (Phi) is 8.21. The predicted molar refractivity (Wildman–Crippen MR) is 111 cm³/mol. The molecular weight excluding hydrogens is 359 g/mol. The van der Waals surface area contributed by atoms with Crippen molar-refractivity contribution >= 4 is 11.6 Å². The van der Waals surface area contributed by atoms with Crippen LogP contribution in [0.4, 0.5) is 4.39 Å². The van der Waals surface area contributed by atoms with Gasteiger partial charge in [0.25, 0.3) is 0 Å². The van der Waals surface area contributed by atoms with Gasteiger partial charge in [-0.25, -0.2) is 4.39 Å². The van der Waals surface area contributed by atoms with Gasteiger partial charge in [0, 0.05) is 0 Å². The van der Waals surface area contributed by atoms with Crippen molar-refractivity contribution in [2.24, 2.45) is 17.8 Å². The lowest BCUT2D eigenvalue weighted by atomic mass is 9.70. The van der Waals surface area contributed by atoms with Gasteiger partial charge in [0.2, 0.25) is 0 Å². The quantitative estimate of drug-likeness (QED) is 0.325. The minimum atomic E-state index is -0.364. The molecule has 1 aromatic carbocycles. The number of ether oxygens (including phenoxy) is 1. The molecule has 0 unspecified atom stereocenters. The maximum atomic E-state index is 13.2. The summed E-state index contributed by atoms with van der Waals surface area (Å²) in [6, 6.07) is 4.86. The number of benzene rings is 1. The van der Waals surface area contributed by atoms with Gasteiger partial charge in [-0.05, 0) is 86.8 Å². The Morgan fingerprint density at radius 1 is 1.04 bits per heavy atom. The fourth-order valence-corrected chi connectivity index (χ4v) is 5.27. The molecule has 2 saturated carbocycles. The largest absolute Gasteiger partial charge is 0.374 e. The van der Waals surface area contributed by atoms with Crippen LogP contribution in [0.3, 0.4) is 0 Å². The van der Waals surface area contributed by atoms with Gasteiger partial charge < -0.3 is 4.74 Å². The van der Waals surface area contributed by atoms with Gasteiger partial charge in [0.05, 0.1) is 17.7 Å². The van der Waals surface area contributed by atoms with Gasteiger partial charge in [-0.1, -0.05) is 43.0 Å². The van der Waals surface area contributed by atoms with Crippen LogP contribution in [0.15, 0.2) is 30.9 Å². The van der Waals surface area contributed by atoms with E-state index in [1.165, 1.54) is 76.7 Å². The van der Waals surface area contributed by atoms with Gasteiger partial charge in [-0.3, -0.25) is 0 Å². The first kappa shape index (κ1) is 20.9. The van der Waals surface area contributed by atoms with Crippen LogP contribution in [-0.4, -0.2) is 6.10 Å². The third-order valence-corrected chi connectivity index (χ3v) is 7.06. The average molecular weight is 393 g/mol. The number of allylic oxidation sites excluding steroid dienone is 1. The zero-order valence-corrected chi connectivity index (χ0v) is 17.2. The summed E-state index contributed by atoms with van der Waals surface area (Å²) in [4.78, 5) is 0. The van der Waals surface area contributed by atoms with Crippen molar-refractivity contribution < 1.29 is 9.13 Å². The Morgan fingerprint density at radius 2 is 1.70 bits per heavy atom.